The average molecular weight is 560 g/mol. The second-order valence-electron chi connectivity index (χ2n) is 1.87. The van der Waals surface area contributed by atoms with Crippen LogP contribution in [0.3, 0.4) is 0 Å². The first-order valence-electron chi connectivity index (χ1n) is 6.17. The zero-order chi connectivity index (χ0) is 14.5. The number of aromatic nitrogens is 3. The number of benzene rings is 1. The third-order valence-corrected chi connectivity index (χ3v) is 1.01. The van der Waals surface area contributed by atoms with Crippen LogP contribution >= 0.6 is 0 Å². The number of rotatable bonds is 0. The molecule has 0 fully saturated rings. The average Bonchev–Trinajstić information content (AvgIpc) is 2.57. The summed E-state index contributed by atoms with van der Waals surface area (Å²) in [7, 11) is 0. The van der Waals surface area contributed by atoms with Crippen molar-refractivity contribution in [2.75, 3.05) is 0 Å². The van der Waals surface area contributed by atoms with Crippen LogP contribution in [0.5, 0.6) is 0 Å². The molecule has 2 rings (SSSR count). The van der Waals surface area contributed by atoms with Crippen LogP contribution in [0.15, 0.2) is 49.3 Å². The van der Waals surface area contributed by atoms with E-state index >= 15 is 0 Å². The number of hydrogen-bond donors (Lipinski definition) is 0. The molecule has 3 nitrogen and oxygen atoms in total. The molecule has 0 unspecified atom stereocenters. The van der Waals surface area contributed by atoms with Gasteiger partial charge >= 0.3 is 39.6 Å². The third kappa shape index (κ3) is 82.1. The van der Waals surface area contributed by atoms with Gasteiger partial charge in [-0.15, -0.1) is 0 Å². The molecule has 0 N–H and O–H groups in total. The van der Waals surface area contributed by atoms with Gasteiger partial charge in [0, 0.05) is 0 Å². The van der Waals surface area contributed by atoms with E-state index < -0.39 is 0 Å². The number of hydrogen-bond acceptors (Lipinski definition) is 3. The van der Waals surface area contributed by atoms with Crippen LogP contribution < -0.4 is 0 Å². The first kappa shape index (κ1) is 64.4. The van der Waals surface area contributed by atoms with Gasteiger partial charge in [0.2, 0.25) is 0 Å². The Morgan fingerprint density at radius 1 is 0.640 bits per heavy atom. The van der Waals surface area contributed by atoms with Crippen molar-refractivity contribution in [1.29, 1.82) is 0 Å². The summed E-state index contributed by atoms with van der Waals surface area (Å²) < 4.78 is 0. The summed E-state index contributed by atoms with van der Waals surface area (Å²) in [6, 6.07) is 12.5. The van der Waals surface area contributed by atoms with Crippen molar-refractivity contribution in [3.05, 3.63) is 77.2 Å². The molecule has 0 saturated heterocycles. The predicted octanol–water partition coefficient (Wildman–Crippen LogP) is 7.06. The molecule has 1 aromatic heterocycles. The van der Waals surface area contributed by atoms with Crippen molar-refractivity contribution in [1.82, 2.24) is 15.0 Å². The van der Waals surface area contributed by atoms with Crippen LogP contribution in [0.1, 0.15) is 56.9 Å². The van der Waals surface area contributed by atoms with Gasteiger partial charge in [-0.3, -0.25) is 0 Å². The summed E-state index contributed by atoms with van der Waals surface area (Å²) in [5.74, 6) is 0. The van der Waals surface area contributed by atoms with Crippen molar-refractivity contribution in [2.45, 2.75) is 56.9 Å². The molecular weight excluding hydrogens is 517 g/mol. The molecule has 25 heavy (non-hydrogen) atoms. The van der Waals surface area contributed by atoms with Gasteiger partial charge in [-0.2, -0.15) is 43.3 Å². The molecule has 0 amide bonds. The summed E-state index contributed by atoms with van der Waals surface area (Å²) in [6.45, 7) is 13.0. The van der Waals surface area contributed by atoms with Gasteiger partial charge in [0.25, 0.3) is 0 Å². The van der Waals surface area contributed by atoms with E-state index in [1.54, 1.807) is 6.92 Å². The molecule has 149 valence electrons. The van der Waals surface area contributed by atoms with E-state index in [0.29, 0.717) is 0 Å². The maximum atomic E-state index is 3.56. The maximum absolute atomic E-state index is 3.56. The molecule has 5 heteroatoms. The Bertz CT molecular complexity index is 200. The topological polar surface area (TPSA) is 38.7 Å². The van der Waals surface area contributed by atoms with Gasteiger partial charge in [-0.05, 0) is 0 Å². The Morgan fingerprint density at radius 3 is 0.960 bits per heavy atom. The van der Waals surface area contributed by atoms with E-state index in [-0.39, 0.29) is 76.8 Å². The second kappa shape index (κ2) is 89.9. The van der Waals surface area contributed by atoms with Crippen molar-refractivity contribution >= 4 is 0 Å². The van der Waals surface area contributed by atoms with E-state index in [1.807, 2.05) is 58.0 Å². The molecule has 0 bridgehead atoms. The SMILES string of the molecule is C.C.C.CC.CC.[CH2-]C.[CH3-].[CH3-].[V+2].[W+2].[c-]1ccccc1.c1ncncn1. The summed E-state index contributed by atoms with van der Waals surface area (Å²) >= 11 is 0. The molecule has 2 aromatic rings. The fourth-order valence-electron chi connectivity index (χ4n) is 0.547. The van der Waals surface area contributed by atoms with Crippen molar-refractivity contribution < 1.29 is 39.6 Å². The molecule has 0 aliphatic rings. The van der Waals surface area contributed by atoms with E-state index in [2.05, 4.69) is 27.9 Å². The van der Waals surface area contributed by atoms with Crippen LogP contribution in [-0.4, -0.2) is 15.0 Å². The van der Waals surface area contributed by atoms with E-state index in [0.717, 1.165) is 0 Å². The first-order valence-corrected chi connectivity index (χ1v) is 6.17. The molecule has 1 heterocycles. The Hall–Kier alpha value is -0.497. The summed E-state index contributed by atoms with van der Waals surface area (Å²) in [5.41, 5.74) is 0. The molecule has 0 spiro atoms. The molecule has 0 aliphatic carbocycles. The molecule has 0 atom stereocenters. The van der Waals surface area contributed by atoms with Crippen LogP contribution in [0.4, 0.5) is 0 Å². The zero-order valence-corrected chi connectivity index (χ0v) is 19.4. The number of nitrogens with zero attached hydrogens (tertiary/aromatic N) is 3. The summed E-state index contributed by atoms with van der Waals surface area (Å²) in [4.78, 5) is 10.7. The van der Waals surface area contributed by atoms with Crippen molar-refractivity contribution in [3.63, 3.8) is 0 Å². The molecule has 1 aromatic carbocycles. The Kier molecular flexibility index (Phi) is 232. The van der Waals surface area contributed by atoms with Gasteiger partial charge in [0.15, 0.2) is 0 Å². The smallest absolute Gasteiger partial charge is 0.358 e. The summed E-state index contributed by atoms with van der Waals surface area (Å²) in [5, 5.41) is 0. The summed E-state index contributed by atoms with van der Waals surface area (Å²) in [6.07, 6.45) is 4.31. The van der Waals surface area contributed by atoms with Crippen LogP contribution in [0.25, 0.3) is 0 Å². The normalized spacial score (nSPS) is 4.56. The maximum Gasteiger partial charge on any atom is 2.00 e. The Morgan fingerprint density at radius 2 is 0.880 bits per heavy atom. The zero-order valence-electron chi connectivity index (χ0n) is 15.0. The minimum absolute atomic E-state index is 0. The largest absolute Gasteiger partial charge is 2.00 e. The van der Waals surface area contributed by atoms with Crippen molar-refractivity contribution in [3.8, 4) is 0 Å². The van der Waals surface area contributed by atoms with Crippen LogP contribution in [0.2, 0.25) is 0 Å². The van der Waals surface area contributed by atoms with Crippen LogP contribution in [-0.2, 0) is 39.6 Å². The second-order valence-corrected chi connectivity index (χ2v) is 1.87. The van der Waals surface area contributed by atoms with E-state index in [1.165, 1.54) is 19.0 Å². The van der Waals surface area contributed by atoms with Gasteiger partial charge in [0.05, 0.1) is 0 Å². The van der Waals surface area contributed by atoms with Crippen LogP contribution in [0, 0.1) is 27.8 Å². The van der Waals surface area contributed by atoms with Crippen molar-refractivity contribution in [2.24, 2.45) is 0 Å². The Balaban J connectivity index is -0.0000000143. The quantitative estimate of drug-likeness (QED) is 0.324. The monoisotopic (exact) mass is 560 g/mol. The molecule has 0 aliphatic heterocycles. The Labute approximate surface area is 188 Å². The molecule has 0 saturated carbocycles. The first-order chi connectivity index (χ1) is 9.00. The van der Waals surface area contributed by atoms with E-state index in [9.17, 15) is 0 Å². The predicted molar refractivity (Wildman–Crippen MR) is 112 cm³/mol. The fraction of sp³-hybridized carbons (Fsp3) is 0.400. The standard InChI is InChI=1S/C6H5.C3H3N3.2C2H6.C2H5.3CH4.2CH3.V.W/c1-2-4-6-5-3-1;1-4-2-6-3-5-1;3*1-2;;;;;;;/h1-5H;1-3H;2*1-2H3;1H2,2H3;3*1H4;2*1H3;;/q-1;;;;-1;;;;2*-1;2*+2. The van der Waals surface area contributed by atoms with Gasteiger partial charge in [-0.1, -0.05) is 50.0 Å². The van der Waals surface area contributed by atoms with Gasteiger partial charge < -0.3 is 21.8 Å². The molecule has 1 radical (unpaired) electrons. The van der Waals surface area contributed by atoms with Gasteiger partial charge in [-0.25, -0.2) is 15.0 Å². The third-order valence-electron chi connectivity index (χ3n) is 1.01. The minimum atomic E-state index is 0. The van der Waals surface area contributed by atoms with E-state index in [4.69, 9.17) is 0 Å². The van der Waals surface area contributed by atoms with Gasteiger partial charge in [0.1, 0.15) is 19.0 Å². The fourth-order valence-corrected chi connectivity index (χ4v) is 0.547. The molecular formula is C20H43N3VW. The minimum Gasteiger partial charge on any atom is -0.358 e.